The second-order valence-corrected chi connectivity index (χ2v) is 3.19. The zero-order valence-electron chi connectivity index (χ0n) is 8.90. The number of hydrogen-bond acceptors (Lipinski definition) is 4. The summed E-state index contributed by atoms with van der Waals surface area (Å²) in [6.07, 6.45) is 1.44. The summed E-state index contributed by atoms with van der Waals surface area (Å²) >= 11 is 0. The summed E-state index contributed by atoms with van der Waals surface area (Å²) in [5, 5.41) is 0. The van der Waals surface area contributed by atoms with E-state index in [1.54, 1.807) is 31.2 Å². The number of rotatable bonds is 4. The van der Waals surface area contributed by atoms with E-state index >= 15 is 0 Å². The van der Waals surface area contributed by atoms with Crippen molar-refractivity contribution in [2.75, 3.05) is 0 Å². The molecule has 0 aliphatic rings. The van der Waals surface area contributed by atoms with Crippen molar-refractivity contribution in [3.8, 4) is 5.75 Å². The lowest BCUT2D eigenvalue weighted by Gasteiger charge is -2.07. The molecule has 0 N–H and O–H groups in total. The van der Waals surface area contributed by atoms with E-state index < -0.39 is 5.97 Å². The summed E-state index contributed by atoms with van der Waals surface area (Å²) in [6.45, 7) is 5.19. The maximum Gasteiger partial charge on any atom is 0.338 e. The van der Waals surface area contributed by atoms with Gasteiger partial charge in [0, 0.05) is 11.1 Å². The third kappa shape index (κ3) is 3.19. The van der Waals surface area contributed by atoms with Crippen molar-refractivity contribution in [3.05, 3.63) is 42.0 Å². The Morgan fingerprint density at radius 3 is 2.81 bits per heavy atom. The molecule has 0 radical (unpaired) electrons. The first-order valence-corrected chi connectivity index (χ1v) is 4.64. The number of nitrogens with zero attached hydrogens (tertiary/aromatic N) is 1. The fraction of sp³-hybridized carbons (Fsp3) is 0.167. The Labute approximate surface area is 93.3 Å². The minimum atomic E-state index is -0.498. The summed E-state index contributed by atoms with van der Waals surface area (Å²) in [4.78, 5) is 24.8. The minimum absolute atomic E-state index is 0.142. The number of benzene rings is 1. The van der Waals surface area contributed by atoms with Gasteiger partial charge in [0.05, 0.1) is 6.54 Å². The Balaban J connectivity index is 2.90. The van der Waals surface area contributed by atoms with Crippen molar-refractivity contribution in [2.24, 2.45) is 4.99 Å². The molecular weight excluding hydrogens is 206 g/mol. The highest BCUT2D eigenvalue weighted by Crippen LogP contribution is 2.19. The van der Waals surface area contributed by atoms with Gasteiger partial charge in [-0.1, -0.05) is 24.8 Å². The smallest absolute Gasteiger partial charge is 0.338 e. The zero-order chi connectivity index (χ0) is 12.0. The van der Waals surface area contributed by atoms with Gasteiger partial charge < -0.3 is 4.74 Å². The number of isocyanates is 1. The van der Waals surface area contributed by atoms with Crippen molar-refractivity contribution >= 4 is 12.0 Å². The molecule has 4 heteroatoms. The molecule has 0 unspecified atom stereocenters. The van der Waals surface area contributed by atoms with Crippen LogP contribution >= 0.6 is 0 Å². The maximum absolute atomic E-state index is 11.3. The lowest BCUT2D eigenvalue weighted by molar-refractivity contribution is -0.130. The number of carbonyl (C=O) groups is 1. The number of hydrogen-bond donors (Lipinski definition) is 0. The molecule has 0 fully saturated rings. The molecule has 0 amide bonds. The summed E-state index contributed by atoms with van der Waals surface area (Å²) in [5.41, 5.74) is 0.967. The quantitative estimate of drug-likeness (QED) is 0.255. The van der Waals surface area contributed by atoms with E-state index in [1.165, 1.54) is 6.08 Å². The van der Waals surface area contributed by atoms with Crippen LogP contribution in [-0.4, -0.2) is 12.0 Å². The molecule has 82 valence electrons. The molecule has 0 saturated carbocycles. The van der Waals surface area contributed by atoms with Crippen molar-refractivity contribution in [1.82, 2.24) is 0 Å². The van der Waals surface area contributed by atoms with Gasteiger partial charge in [-0.2, -0.15) is 0 Å². The van der Waals surface area contributed by atoms with Crippen LogP contribution in [0.15, 0.2) is 41.4 Å². The average Bonchev–Trinajstić information content (AvgIpc) is 2.27. The fourth-order valence-electron chi connectivity index (χ4n) is 1.04. The van der Waals surface area contributed by atoms with E-state index in [4.69, 9.17) is 4.74 Å². The van der Waals surface area contributed by atoms with Crippen LogP contribution in [0, 0.1) is 0 Å². The number of aliphatic imine (C=N–C) groups is 1. The van der Waals surface area contributed by atoms with E-state index in [-0.39, 0.29) is 6.54 Å². The lowest BCUT2D eigenvalue weighted by atomic mass is 10.2. The van der Waals surface area contributed by atoms with Crippen molar-refractivity contribution in [3.63, 3.8) is 0 Å². The van der Waals surface area contributed by atoms with Gasteiger partial charge >= 0.3 is 5.97 Å². The van der Waals surface area contributed by atoms with Crippen LogP contribution in [-0.2, 0) is 16.1 Å². The van der Waals surface area contributed by atoms with Gasteiger partial charge in [0.2, 0.25) is 6.08 Å². The molecule has 0 heterocycles. The van der Waals surface area contributed by atoms with Crippen molar-refractivity contribution < 1.29 is 14.3 Å². The van der Waals surface area contributed by atoms with Gasteiger partial charge in [-0.25, -0.2) is 14.6 Å². The minimum Gasteiger partial charge on any atom is -0.423 e. The van der Waals surface area contributed by atoms with Gasteiger partial charge in [-0.3, -0.25) is 0 Å². The van der Waals surface area contributed by atoms with Gasteiger partial charge in [-0.05, 0) is 13.0 Å². The van der Waals surface area contributed by atoms with Crippen LogP contribution in [0.25, 0.3) is 0 Å². The highest BCUT2D eigenvalue weighted by Gasteiger charge is 2.08. The molecule has 1 aromatic carbocycles. The second-order valence-electron chi connectivity index (χ2n) is 3.19. The standard InChI is InChI=1S/C12H11NO3/c1-9(2)12(15)16-11-6-4-3-5-10(11)7-13-8-14/h3-6H,1,7H2,2H3. The van der Waals surface area contributed by atoms with E-state index in [0.29, 0.717) is 16.9 Å². The molecule has 1 rings (SSSR count). The fourth-order valence-corrected chi connectivity index (χ4v) is 1.04. The van der Waals surface area contributed by atoms with Crippen molar-refractivity contribution in [1.29, 1.82) is 0 Å². The summed E-state index contributed by atoms with van der Waals surface area (Å²) < 4.78 is 5.08. The Bertz CT molecular complexity index is 459. The molecule has 0 aliphatic carbocycles. The van der Waals surface area contributed by atoms with Gasteiger partial charge in [0.15, 0.2) is 0 Å². The Kier molecular flexibility index (Phi) is 4.18. The molecule has 4 nitrogen and oxygen atoms in total. The summed E-state index contributed by atoms with van der Waals surface area (Å²) in [7, 11) is 0. The highest BCUT2D eigenvalue weighted by molar-refractivity contribution is 5.88. The number of carbonyl (C=O) groups excluding carboxylic acids is 2. The van der Waals surface area contributed by atoms with Gasteiger partial charge in [0.1, 0.15) is 5.75 Å². The first-order chi connectivity index (χ1) is 7.65. The molecule has 1 aromatic rings. The normalized spacial score (nSPS) is 9.06. The predicted molar refractivity (Wildman–Crippen MR) is 58.7 cm³/mol. The molecule has 0 saturated heterocycles. The van der Waals surface area contributed by atoms with E-state index in [9.17, 15) is 9.59 Å². The molecule has 0 spiro atoms. The van der Waals surface area contributed by atoms with Gasteiger partial charge in [-0.15, -0.1) is 0 Å². The van der Waals surface area contributed by atoms with Gasteiger partial charge in [0.25, 0.3) is 0 Å². The van der Waals surface area contributed by atoms with Crippen LogP contribution < -0.4 is 4.74 Å². The third-order valence-electron chi connectivity index (χ3n) is 1.84. The zero-order valence-corrected chi connectivity index (χ0v) is 8.90. The molecular formula is C12H11NO3. The molecule has 16 heavy (non-hydrogen) atoms. The van der Waals surface area contributed by atoms with Crippen molar-refractivity contribution in [2.45, 2.75) is 13.5 Å². The van der Waals surface area contributed by atoms with E-state index in [1.807, 2.05) is 0 Å². The van der Waals surface area contributed by atoms with Crippen LogP contribution in [0.4, 0.5) is 0 Å². The van der Waals surface area contributed by atoms with Crippen LogP contribution in [0.2, 0.25) is 0 Å². The second kappa shape index (κ2) is 5.63. The third-order valence-corrected chi connectivity index (χ3v) is 1.84. The first kappa shape index (κ1) is 11.9. The molecule has 0 aliphatic heterocycles. The maximum atomic E-state index is 11.3. The molecule has 0 aromatic heterocycles. The van der Waals surface area contributed by atoms with Crippen LogP contribution in [0.3, 0.4) is 0 Å². The monoisotopic (exact) mass is 217 g/mol. The highest BCUT2D eigenvalue weighted by atomic mass is 16.5. The van der Waals surface area contributed by atoms with E-state index in [2.05, 4.69) is 11.6 Å². The Morgan fingerprint density at radius 1 is 1.50 bits per heavy atom. The SMILES string of the molecule is C=C(C)C(=O)Oc1ccccc1CN=C=O. The lowest BCUT2D eigenvalue weighted by Crippen LogP contribution is -2.09. The summed E-state index contributed by atoms with van der Waals surface area (Å²) in [5.74, 6) is -0.114. The Morgan fingerprint density at radius 2 is 2.19 bits per heavy atom. The van der Waals surface area contributed by atoms with Crippen LogP contribution in [0.1, 0.15) is 12.5 Å². The Hall–Kier alpha value is -2.19. The first-order valence-electron chi connectivity index (χ1n) is 4.64. The van der Waals surface area contributed by atoms with Crippen LogP contribution in [0.5, 0.6) is 5.75 Å². The number of para-hydroxylation sites is 1. The number of esters is 1. The largest absolute Gasteiger partial charge is 0.423 e. The number of ether oxygens (including phenoxy) is 1. The van der Waals surface area contributed by atoms with E-state index in [0.717, 1.165) is 0 Å². The topological polar surface area (TPSA) is 55.7 Å². The predicted octanol–water partition coefficient (Wildman–Crippen LogP) is 2.00. The molecule has 0 bridgehead atoms. The molecule has 0 atom stereocenters. The summed E-state index contributed by atoms with van der Waals surface area (Å²) in [6, 6.07) is 6.86. The average molecular weight is 217 g/mol.